The van der Waals surface area contributed by atoms with E-state index in [0.717, 1.165) is 11.3 Å². The molecule has 0 aliphatic heterocycles. The number of halogens is 1. The highest BCUT2D eigenvalue weighted by Gasteiger charge is 1.93. The van der Waals surface area contributed by atoms with E-state index in [9.17, 15) is 4.79 Å². The van der Waals surface area contributed by atoms with Crippen LogP contribution in [0.1, 0.15) is 5.56 Å². The third-order valence-corrected chi connectivity index (χ3v) is 2.24. The first-order chi connectivity index (χ1) is 6.76. The molecule has 0 atom stereocenters. The molecule has 0 radical (unpaired) electrons. The molecule has 2 nitrogen and oxygen atoms in total. The van der Waals surface area contributed by atoms with Gasteiger partial charge < -0.3 is 4.74 Å². The van der Waals surface area contributed by atoms with Crippen LogP contribution in [0.25, 0.3) is 6.08 Å². The van der Waals surface area contributed by atoms with Crippen molar-refractivity contribution >= 4 is 27.8 Å². The van der Waals surface area contributed by atoms with Gasteiger partial charge in [0.15, 0.2) is 5.78 Å². The van der Waals surface area contributed by atoms with E-state index in [1.165, 1.54) is 0 Å². The maximum Gasteiger partial charge on any atom is 0.166 e. The van der Waals surface area contributed by atoms with E-state index in [2.05, 4.69) is 15.9 Å². The normalized spacial score (nSPS) is 10.4. The van der Waals surface area contributed by atoms with E-state index in [1.807, 2.05) is 24.3 Å². The van der Waals surface area contributed by atoms with Gasteiger partial charge in [0.05, 0.1) is 12.4 Å². The van der Waals surface area contributed by atoms with Gasteiger partial charge in [0, 0.05) is 0 Å². The SMILES string of the molecule is COc1cccc(C=CC(=O)CBr)c1. The molecule has 14 heavy (non-hydrogen) atoms. The lowest BCUT2D eigenvalue weighted by Gasteiger charge is -1.99. The summed E-state index contributed by atoms with van der Waals surface area (Å²) in [6, 6.07) is 7.54. The van der Waals surface area contributed by atoms with Crippen molar-refractivity contribution in [2.24, 2.45) is 0 Å². The Morgan fingerprint density at radius 1 is 1.57 bits per heavy atom. The highest BCUT2D eigenvalue weighted by molar-refractivity contribution is 9.09. The van der Waals surface area contributed by atoms with Crippen LogP contribution in [0.2, 0.25) is 0 Å². The number of ketones is 1. The smallest absolute Gasteiger partial charge is 0.166 e. The Morgan fingerprint density at radius 3 is 3.00 bits per heavy atom. The van der Waals surface area contributed by atoms with Crippen molar-refractivity contribution in [2.45, 2.75) is 0 Å². The third kappa shape index (κ3) is 3.34. The Balaban J connectivity index is 2.76. The molecule has 0 aromatic heterocycles. The topological polar surface area (TPSA) is 26.3 Å². The third-order valence-electron chi connectivity index (χ3n) is 1.69. The number of benzene rings is 1. The molecule has 0 heterocycles. The van der Waals surface area contributed by atoms with E-state index in [1.54, 1.807) is 19.3 Å². The number of hydrogen-bond acceptors (Lipinski definition) is 2. The molecular formula is C11H11BrO2. The fourth-order valence-corrected chi connectivity index (χ4v) is 1.17. The molecule has 0 spiro atoms. The van der Waals surface area contributed by atoms with Gasteiger partial charge in [0.2, 0.25) is 0 Å². The van der Waals surface area contributed by atoms with Crippen LogP contribution in [0, 0.1) is 0 Å². The number of methoxy groups -OCH3 is 1. The summed E-state index contributed by atoms with van der Waals surface area (Å²) in [6.07, 6.45) is 3.32. The molecule has 74 valence electrons. The summed E-state index contributed by atoms with van der Waals surface area (Å²) < 4.78 is 5.06. The molecule has 1 rings (SSSR count). The van der Waals surface area contributed by atoms with Crippen LogP contribution < -0.4 is 4.74 Å². The highest BCUT2D eigenvalue weighted by Crippen LogP contribution is 2.13. The predicted octanol–water partition coefficient (Wildman–Crippen LogP) is 2.67. The number of ether oxygens (including phenoxy) is 1. The van der Waals surface area contributed by atoms with Crippen LogP contribution in [0.4, 0.5) is 0 Å². The summed E-state index contributed by atoms with van der Waals surface area (Å²) >= 11 is 3.09. The molecule has 0 N–H and O–H groups in total. The number of rotatable bonds is 4. The van der Waals surface area contributed by atoms with Gasteiger partial charge in [-0.25, -0.2) is 0 Å². The zero-order chi connectivity index (χ0) is 10.4. The second-order valence-electron chi connectivity index (χ2n) is 2.71. The van der Waals surface area contributed by atoms with Gasteiger partial charge in [-0.1, -0.05) is 34.1 Å². The van der Waals surface area contributed by atoms with Gasteiger partial charge in [0.1, 0.15) is 5.75 Å². The van der Waals surface area contributed by atoms with Crippen LogP contribution in [-0.2, 0) is 4.79 Å². The first-order valence-corrected chi connectivity index (χ1v) is 5.29. The van der Waals surface area contributed by atoms with E-state index >= 15 is 0 Å². The maximum atomic E-state index is 11.0. The van der Waals surface area contributed by atoms with Gasteiger partial charge in [-0.15, -0.1) is 0 Å². The number of alkyl halides is 1. The average Bonchev–Trinajstić information content (AvgIpc) is 2.26. The van der Waals surface area contributed by atoms with Crippen molar-refractivity contribution < 1.29 is 9.53 Å². The van der Waals surface area contributed by atoms with Crippen LogP contribution in [0.15, 0.2) is 30.3 Å². The summed E-state index contributed by atoms with van der Waals surface area (Å²) in [5, 5.41) is 0.355. The van der Waals surface area contributed by atoms with Gasteiger partial charge in [0.25, 0.3) is 0 Å². The van der Waals surface area contributed by atoms with Gasteiger partial charge in [-0.3, -0.25) is 4.79 Å². The van der Waals surface area contributed by atoms with Crippen molar-refractivity contribution in [1.29, 1.82) is 0 Å². The Labute approximate surface area is 91.7 Å². The number of allylic oxidation sites excluding steroid dienone is 1. The summed E-state index contributed by atoms with van der Waals surface area (Å²) in [7, 11) is 1.62. The Bertz CT molecular complexity index is 345. The van der Waals surface area contributed by atoms with Gasteiger partial charge in [-0.2, -0.15) is 0 Å². The summed E-state index contributed by atoms with van der Waals surface area (Å²) in [4.78, 5) is 11.0. The van der Waals surface area contributed by atoms with E-state index in [0.29, 0.717) is 5.33 Å². The fourth-order valence-electron chi connectivity index (χ4n) is 0.979. The first-order valence-electron chi connectivity index (χ1n) is 4.17. The Morgan fingerprint density at radius 2 is 2.36 bits per heavy atom. The molecule has 0 saturated heterocycles. The molecule has 3 heteroatoms. The van der Waals surface area contributed by atoms with Crippen molar-refractivity contribution in [3.8, 4) is 5.75 Å². The zero-order valence-corrected chi connectivity index (χ0v) is 9.45. The van der Waals surface area contributed by atoms with Crippen LogP contribution in [-0.4, -0.2) is 18.2 Å². The minimum atomic E-state index is 0.0489. The summed E-state index contributed by atoms with van der Waals surface area (Å²) in [5.41, 5.74) is 0.957. The average molecular weight is 255 g/mol. The van der Waals surface area contributed by atoms with E-state index in [-0.39, 0.29) is 5.78 Å². The van der Waals surface area contributed by atoms with Crippen molar-refractivity contribution in [2.75, 3.05) is 12.4 Å². The van der Waals surface area contributed by atoms with Crippen molar-refractivity contribution in [3.63, 3.8) is 0 Å². The fraction of sp³-hybridized carbons (Fsp3) is 0.182. The van der Waals surface area contributed by atoms with Crippen LogP contribution >= 0.6 is 15.9 Å². The predicted molar refractivity (Wildman–Crippen MR) is 60.8 cm³/mol. The zero-order valence-electron chi connectivity index (χ0n) is 7.87. The van der Waals surface area contributed by atoms with E-state index in [4.69, 9.17) is 4.74 Å². The number of hydrogen-bond donors (Lipinski definition) is 0. The lowest BCUT2D eigenvalue weighted by Crippen LogP contribution is -1.91. The maximum absolute atomic E-state index is 11.0. The molecule has 0 fully saturated rings. The molecule has 0 saturated carbocycles. The van der Waals surface area contributed by atoms with Crippen molar-refractivity contribution in [3.05, 3.63) is 35.9 Å². The minimum absolute atomic E-state index is 0.0489. The number of carbonyl (C=O) groups excluding carboxylic acids is 1. The second kappa shape index (κ2) is 5.60. The first kappa shape index (κ1) is 11.0. The highest BCUT2D eigenvalue weighted by atomic mass is 79.9. The largest absolute Gasteiger partial charge is 0.497 e. The van der Waals surface area contributed by atoms with Gasteiger partial charge in [-0.05, 0) is 23.8 Å². The monoisotopic (exact) mass is 254 g/mol. The second-order valence-corrected chi connectivity index (χ2v) is 3.27. The molecular weight excluding hydrogens is 244 g/mol. The molecule has 1 aromatic rings. The molecule has 0 unspecified atom stereocenters. The minimum Gasteiger partial charge on any atom is -0.497 e. The summed E-state index contributed by atoms with van der Waals surface area (Å²) in [5.74, 6) is 0.839. The molecule has 0 bridgehead atoms. The quantitative estimate of drug-likeness (QED) is 0.610. The molecule has 0 amide bonds. The van der Waals surface area contributed by atoms with Gasteiger partial charge >= 0.3 is 0 Å². The molecule has 0 aliphatic carbocycles. The van der Waals surface area contributed by atoms with Crippen LogP contribution in [0.5, 0.6) is 5.75 Å². The lowest BCUT2D eigenvalue weighted by molar-refractivity contribution is -0.112. The van der Waals surface area contributed by atoms with Crippen LogP contribution in [0.3, 0.4) is 0 Å². The lowest BCUT2D eigenvalue weighted by atomic mass is 10.2. The molecule has 1 aromatic carbocycles. The Hall–Kier alpha value is -1.09. The van der Waals surface area contributed by atoms with E-state index < -0.39 is 0 Å². The number of carbonyl (C=O) groups is 1. The summed E-state index contributed by atoms with van der Waals surface area (Å²) in [6.45, 7) is 0. The Kier molecular flexibility index (Phi) is 4.40. The molecule has 0 aliphatic rings. The van der Waals surface area contributed by atoms with Crippen molar-refractivity contribution in [1.82, 2.24) is 0 Å². The standard InChI is InChI=1S/C11H11BrO2/c1-14-11-4-2-3-9(7-11)5-6-10(13)8-12/h2-7H,8H2,1H3.